The van der Waals surface area contributed by atoms with Crippen molar-refractivity contribution in [2.75, 3.05) is 18.0 Å². The van der Waals surface area contributed by atoms with Crippen molar-refractivity contribution in [3.05, 3.63) is 58.9 Å². The summed E-state index contributed by atoms with van der Waals surface area (Å²) in [6.45, 7) is 10.0. The Bertz CT molecular complexity index is 1210. The minimum absolute atomic E-state index is 0.894. The first-order valence-corrected chi connectivity index (χ1v) is 28.3. The van der Waals surface area contributed by atoms with Crippen molar-refractivity contribution in [1.29, 1.82) is 0 Å². The predicted octanol–water partition coefficient (Wildman–Crippen LogP) is 20.3. The summed E-state index contributed by atoms with van der Waals surface area (Å²) in [4.78, 5) is 2.61. The summed E-state index contributed by atoms with van der Waals surface area (Å²) >= 11 is 7.06. The van der Waals surface area contributed by atoms with E-state index in [1.807, 2.05) is 0 Å². The first-order valence-electron chi connectivity index (χ1n) is 27.9. The van der Waals surface area contributed by atoms with Gasteiger partial charge < -0.3 is 4.90 Å². The van der Waals surface area contributed by atoms with Crippen molar-refractivity contribution in [3.8, 4) is 0 Å². The first kappa shape index (κ1) is 56.3. The van der Waals surface area contributed by atoms with Crippen molar-refractivity contribution < 1.29 is 4.57 Å². The average molecular weight is 877 g/mol. The Morgan fingerprint density at radius 3 is 0.952 bits per heavy atom. The molecule has 356 valence electrons. The maximum absolute atomic E-state index is 7.06. The van der Waals surface area contributed by atoms with E-state index >= 15 is 0 Å². The van der Waals surface area contributed by atoms with E-state index in [4.69, 9.17) is 11.6 Å². The van der Waals surface area contributed by atoms with Gasteiger partial charge in [0.1, 0.15) is 6.54 Å². The zero-order chi connectivity index (χ0) is 44.2. The molecule has 2 rings (SSSR count). The lowest BCUT2D eigenvalue weighted by atomic mass is 10.0. The van der Waals surface area contributed by atoms with E-state index in [0.717, 1.165) is 24.7 Å². The van der Waals surface area contributed by atoms with Crippen LogP contribution >= 0.6 is 11.6 Å². The SMILES string of the molecule is CCCCCCCCCCCCCCCCCCCCCCN(CCCCCCCCCCCCCCCCCCCCCC)c1ccc(/C=C/c2cc[n+](CC)cc2)cc1Cl. The Hall–Kier alpha value is -1.80. The van der Waals surface area contributed by atoms with Crippen LogP contribution in [0.4, 0.5) is 5.69 Å². The predicted molar refractivity (Wildman–Crippen MR) is 281 cm³/mol. The number of anilines is 1. The summed E-state index contributed by atoms with van der Waals surface area (Å²) in [7, 11) is 0. The minimum Gasteiger partial charge on any atom is -0.370 e. The summed E-state index contributed by atoms with van der Waals surface area (Å²) in [5.41, 5.74) is 3.61. The molecule has 0 aliphatic heterocycles. The van der Waals surface area contributed by atoms with Gasteiger partial charge in [0.15, 0.2) is 12.4 Å². The Labute approximate surface area is 393 Å². The highest BCUT2D eigenvalue weighted by atomic mass is 35.5. The molecule has 0 unspecified atom stereocenters. The third kappa shape index (κ3) is 32.8. The van der Waals surface area contributed by atoms with Crippen LogP contribution in [0.2, 0.25) is 5.02 Å². The molecule has 2 nitrogen and oxygen atoms in total. The highest BCUT2D eigenvalue weighted by Crippen LogP contribution is 2.29. The fourth-order valence-electron chi connectivity index (χ4n) is 9.33. The van der Waals surface area contributed by atoms with E-state index in [1.54, 1.807) is 0 Å². The molecule has 1 aromatic heterocycles. The summed E-state index contributed by atoms with van der Waals surface area (Å²) in [6, 6.07) is 11.1. The monoisotopic (exact) mass is 876 g/mol. The fraction of sp³-hybridized carbons (Fsp3) is 0.780. The van der Waals surface area contributed by atoms with Crippen molar-refractivity contribution in [3.63, 3.8) is 0 Å². The molecular formula is C59H104ClN2+. The van der Waals surface area contributed by atoms with E-state index in [-0.39, 0.29) is 0 Å². The van der Waals surface area contributed by atoms with Gasteiger partial charge in [0.2, 0.25) is 0 Å². The Morgan fingerprint density at radius 1 is 0.371 bits per heavy atom. The van der Waals surface area contributed by atoms with Crippen LogP contribution in [0.25, 0.3) is 12.2 Å². The van der Waals surface area contributed by atoms with Gasteiger partial charge in [0.05, 0.1) is 10.7 Å². The normalized spacial score (nSPS) is 11.7. The van der Waals surface area contributed by atoms with Crippen LogP contribution in [-0.4, -0.2) is 13.1 Å². The third-order valence-electron chi connectivity index (χ3n) is 13.6. The number of hydrogen-bond acceptors (Lipinski definition) is 1. The number of rotatable bonds is 46. The van der Waals surface area contributed by atoms with Crippen LogP contribution in [-0.2, 0) is 6.54 Å². The third-order valence-corrected chi connectivity index (χ3v) is 13.9. The van der Waals surface area contributed by atoms with E-state index in [2.05, 4.69) is 85.1 Å². The second-order valence-corrected chi connectivity index (χ2v) is 19.8. The Kier molecular flexibility index (Phi) is 39.2. The van der Waals surface area contributed by atoms with Gasteiger partial charge in [-0.05, 0) is 43.0 Å². The number of aromatic nitrogens is 1. The van der Waals surface area contributed by atoms with Gasteiger partial charge >= 0.3 is 0 Å². The first-order chi connectivity index (χ1) is 30.7. The Morgan fingerprint density at radius 2 is 0.661 bits per heavy atom. The summed E-state index contributed by atoms with van der Waals surface area (Å²) in [5, 5.41) is 0.894. The van der Waals surface area contributed by atoms with E-state index in [1.165, 1.54) is 274 Å². The molecule has 0 fully saturated rings. The minimum atomic E-state index is 0.894. The summed E-state index contributed by atoms with van der Waals surface area (Å²) in [6.07, 6.45) is 65.8. The number of halogens is 1. The quantitative estimate of drug-likeness (QED) is 0.0475. The Balaban J connectivity index is 1.60. The molecule has 62 heavy (non-hydrogen) atoms. The second-order valence-electron chi connectivity index (χ2n) is 19.4. The highest BCUT2D eigenvalue weighted by molar-refractivity contribution is 6.33. The number of benzene rings is 1. The van der Waals surface area contributed by atoms with Crippen LogP contribution in [0.1, 0.15) is 289 Å². The standard InChI is InChI=1S/C59H104ClN2/c1-4-7-9-11-13-15-17-19-21-23-25-27-29-31-33-35-37-39-41-43-51-62(59-48-47-57(55-58(59)60)46-45-56-49-53-61(6-3)54-50-56)52-44-42-40-38-36-34-32-30-28-26-24-22-20-18-16-14-12-10-8-5-2/h45-50,53-55H,4-44,51-52H2,1-3H3/q+1. The molecule has 3 heteroatoms. The molecular weight excluding hydrogens is 772 g/mol. The van der Waals surface area contributed by atoms with Crippen LogP contribution in [0.15, 0.2) is 42.7 Å². The van der Waals surface area contributed by atoms with Crippen LogP contribution < -0.4 is 9.47 Å². The molecule has 0 aliphatic rings. The molecule has 1 aromatic carbocycles. The maximum atomic E-state index is 7.06. The van der Waals surface area contributed by atoms with Gasteiger partial charge in [-0.3, -0.25) is 0 Å². The molecule has 0 spiro atoms. The molecule has 0 radical (unpaired) electrons. The number of hydrogen-bond donors (Lipinski definition) is 0. The lowest BCUT2D eigenvalue weighted by molar-refractivity contribution is -0.693. The molecule has 0 N–H and O–H groups in total. The van der Waals surface area contributed by atoms with Crippen LogP contribution in [0.3, 0.4) is 0 Å². The molecule has 0 aliphatic carbocycles. The number of pyridine rings is 1. The van der Waals surface area contributed by atoms with E-state index in [9.17, 15) is 0 Å². The lowest BCUT2D eigenvalue weighted by Crippen LogP contribution is -2.30. The number of nitrogens with zero attached hydrogens (tertiary/aromatic N) is 2. The smallest absolute Gasteiger partial charge is 0.169 e. The zero-order valence-corrected chi connectivity index (χ0v) is 42.6. The van der Waals surface area contributed by atoms with Gasteiger partial charge in [0, 0.05) is 25.2 Å². The fourth-order valence-corrected chi connectivity index (χ4v) is 9.64. The molecule has 0 saturated heterocycles. The van der Waals surface area contributed by atoms with Crippen LogP contribution in [0, 0.1) is 0 Å². The van der Waals surface area contributed by atoms with E-state index in [0.29, 0.717) is 0 Å². The topological polar surface area (TPSA) is 7.12 Å². The van der Waals surface area contributed by atoms with Gasteiger partial charge in [-0.15, -0.1) is 0 Å². The molecule has 0 saturated carbocycles. The molecule has 0 atom stereocenters. The van der Waals surface area contributed by atoms with E-state index < -0.39 is 0 Å². The van der Waals surface area contributed by atoms with Crippen LogP contribution in [0.5, 0.6) is 0 Å². The van der Waals surface area contributed by atoms with Gasteiger partial charge in [-0.1, -0.05) is 288 Å². The van der Waals surface area contributed by atoms with Crippen molar-refractivity contribution in [1.82, 2.24) is 0 Å². The lowest BCUT2D eigenvalue weighted by Gasteiger charge is -2.26. The largest absolute Gasteiger partial charge is 0.370 e. The summed E-state index contributed by atoms with van der Waals surface area (Å²) < 4.78 is 2.20. The zero-order valence-electron chi connectivity index (χ0n) is 41.9. The highest BCUT2D eigenvalue weighted by Gasteiger charge is 2.11. The van der Waals surface area contributed by atoms with Gasteiger partial charge in [-0.2, -0.15) is 0 Å². The number of aryl methyl sites for hydroxylation is 1. The van der Waals surface area contributed by atoms with Crippen molar-refractivity contribution in [2.45, 2.75) is 284 Å². The second kappa shape index (κ2) is 43.1. The molecule has 0 amide bonds. The summed E-state index contributed by atoms with van der Waals surface area (Å²) in [5.74, 6) is 0. The van der Waals surface area contributed by atoms with Gasteiger partial charge in [0.25, 0.3) is 0 Å². The number of unbranched alkanes of at least 4 members (excludes halogenated alkanes) is 38. The average Bonchev–Trinajstić information content (AvgIpc) is 3.29. The van der Waals surface area contributed by atoms with Gasteiger partial charge in [-0.25, -0.2) is 4.57 Å². The molecule has 0 bridgehead atoms. The maximum Gasteiger partial charge on any atom is 0.169 e. The molecule has 2 aromatic rings. The van der Waals surface area contributed by atoms with Crippen molar-refractivity contribution in [2.24, 2.45) is 0 Å². The molecule has 1 heterocycles. The van der Waals surface area contributed by atoms with Crippen molar-refractivity contribution >= 4 is 29.4 Å².